The van der Waals surface area contributed by atoms with E-state index < -0.39 is 0 Å². The van der Waals surface area contributed by atoms with Crippen molar-refractivity contribution in [3.8, 4) is 5.75 Å². The maximum absolute atomic E-state index is 5.70. The van der Waals surface area contributed by atoms with E-state index in [9.17, 15) is 0 Å². The SMILES string of the molecule is C=CCOc1ccccc1Sc1c(C)cccc1C. The summed E-state index contributed by atoms with van der Waals surface area (Å²) in [5.41, 5.74) is 2.59. The summed E-state index contributed by atoms with van der Waals surface area (Å²) in [6.07, 6.45) is 1.76. The third-order valence-corrected chi connectivity index (χ3v) is 4.23. The van der Waals surface area contributed by atoms with Crippen LogP contribution in [0.15, 0.2) is 64.9 Å². The van der Waals surface area contributed by atoms with Gasteiger partial charge in [-0.1, -0.05) is 54.7 Å². The highest BCUT2D eigenvalue weighted by molar-refractivity contribution is 7.99. The second-order valence-corrected chi connectivity index (χ2v) is 5.42. The minimum Gasteiger partial charge on any atom is -0.488 e. The first kappa shape index (κ1) is 13.8. The average molecular weight is 270 g/mol. The summed E-state index contributed by atoms with van der Waals surface area (Å²) in [5, 5.41) is 0. The molecule has 2 rings (SSSR count). The van der Waals surface area contributed by atoms with Gasteiger partial charge in [0.15, 0.2) is 0 Å². The van der Waals surface area contributed by atoms with Gasteiger partial charge in [0, 0.05) is 4.90 Å². The summed E-state index contributed by atoms with van der Waals surface area (Å²) in [5.74, 6) is 0.912. The van der Waals surface area contributed by atoms with Crippen molar-refractivity contribution >= 4 is 11.8 Å². The van der Waals surface area contributed by atoms with E-state index in [1.54, 1.807) is 17.8 Å². The van der Waals surface area contributed by atoms with Crippen molar-refractivity contribution in [2.45, 2.75) is 23.6 Å². The molecule has 0 aliphatic heterocycles. The maximum Gasteiger partial charge on any atom is 0.133 e. The Morgan fingerprint density at radius 1 is 1.05 bits per heavy atom. The second kappa shape index (κ2) is 6.48. The van der Waals surface area contributed by atoms with E-state index in [4.69, 9.17) is 4.74 Å². The number of hydrogen-bond donors (Lipinski definition) is 0. The number of rotatable bonds is 5. The molecule has 0 unspecified atom stereocenters. The van der Waals surface area contributed by atoms with Crippen molar-refractivity contribution < 1.29 is 4.74 Å². The number of hydrogen-bond acceptors (Lipinski definition) is 2. The minimum atomic E-state index is 0.532. The first-order valence-corrected chi connectivity index (χ1v) is 7.11. The van der Waals surface area contributed by atoms with Crippen LogP contribution in [-0.4, -0.2) is 6.61 Å². The zero-order valence-electron chi connectivity index (χ0n) is 11.3. The van der Waals surface area contributed by atoms with Crippen molar-refractivity contribution in [3.05, 3.63) is 66.2 Å². The van der Waals surface area contributed by atoms with Crippen LogP contribution in [-0.2, 0) is 0 Å². The van der Waals surface area contributed by atoms with Gasteiger partial charge >= 0.3 is 0 Å². The lowest BCUT2D eigenvalue weighted by molar-refractivity contribution is 0.354. The molecule has 0 radical (unpaired) electrons. The van der Waals surface area contributed by atoms with E-state index >= 15 is 0 Å². The average Bonchev–Trinajstić information content (AvgIpc) is 2.42. The fourth-order valence-corrected chi connectivity index (χ4v) is 2.92. The fourth-order valence-electron chi connectivity index (χ4n) is 1.87. The second-order valence-electron chi connectivity index (χ2n) is 4.37. The molecule has 2 aromatic rings. The number of aryl methyl sites for hydroxylation is 2. The van der Waals surface area contributed by atoms with Crippen molar-refractivity contribution in [2.24, 2.45) is 0 Å². The van der Waals surface area contributed by atoms with Crippen LogP contribution in [0.3, 0.4) is 0 Å². The van der Waals surface area contributed by atoms with Gasteiger partial charge in [0.25, 0.3) is 0 Å². The van der Waals surface area contributed by atoms with E-state index in [0.29, 0.717) is 6.61 Å². The Hall–Kier alpha value is -1.67. The van der Waals surface area contributed by atoms with E-state index in [0.717, 1.165) is 10.6 Å². The van der Waals surface area contributed by atoms with Crippen LogP contribution >= 0.6 is 11.8 Å². The smallest absolute Gasteiger partial charge is 0.133 e. The quantitative estimate of drug-likeness (QED) is 0.705. The molecule has 0 aromatic heterocycles. The van der Waals surface area contributed by atoms with Gasteiger partial charge in [0.1, 0.15) is 12.4 Å². The number of ether oxygens (including phenoxy) is 1. The maximum atomic E-state index is 5.70. The summed E-state index contributed by atoms with van der Waals surface area (Å²) in [4.78, 5) is 2.44. The lowest BCUT2D eigenvalue weighted by Crippen LogP contribution is -1.94. The number of para-hydroxylation sites is 1. The van der Waals surface area contributed by atoms with Crippen molar-refractivity contribution in [1.29, 1.82) is 0 Å². The molecule has 0 saturated heterocycles. The Balaban J connectivity index is 2.30. The summed E-state index contributed by atoms with van der Waals surface area (Å²) < 4.78 is 5.70. The molecular weight excluding hydrogens is 252 g/mol. The van der Waals surface area contributed by atoms with Crippen LogP contribution in [0.1, 0.15) is 11.1 Å². The highest BCUT2D eigenvalue weighted by atomic mass is 32.2. The normalized spacial score (nSPS) is 10.2. The Morgan fingerprint density at radius 3 is 2.42 bits per heavy atom. The first-order valence-electron chi connectivity index (χ1n) is 6.29. The molecule has 0 spiro atoms. The van der Waals surface area contributed by atoms with Crippen molar-refractivity contribution in [2.75, 3.05) is 6.61 Å². The van der Waals surface area contributed by atoms with E-state index in [2.05, 4.69) is 44.7 Å². The monoisotopic (exact) mass is 270 g/mol. The van der Waals surface area contributed by atoms with E-state index in [1.165, 1.54) is 16.0 Å². The molecule has 1 nitrogen and oxygen atoms in total. The lowest BCUT2D eigenvalue weighted by Gasteiger charge is -2.12. The molecular formula is C17H18OS. The van der Waals surface area contributed by atoms with Gasteiger partial charge in [0.05, 0.1) is 4.90 Å². The van der Waals surface area contributed by atoms with Gasteiger partial charge < -0.3 is 4.74 Å². The van der Waals surface area contributed by atoms with Gasteiger partial charge in [-0.05, 0) is 37.1 Å². The Bertz CT molecular complexity index is 555. The van der Waals surface area contributed by atoms with Gasteiger partial charge in [-0.2, -0.15) is 0 Å². The molecule has 0 fully saturated rings. The largest absolute Gasteiger partial charge is 0.488 e. The van der Waals surface area contributed by atoms with Crippen molar-refractivity contribution in [1.82, 2.24) is 0 Å². The summed E-state index contributed by atoms with van der Waals surface area (Å²) in [6.45, 7) is 8.50. The van der Waals surface area contributed by atoms with Crippen LogP contribution < -0.4 is 4.74 Å². The number of benzene rings is 2. The van der Waals surface area contributed by atoms with Gasteiger partial charge in [-0.25, -0.2) is 0 Å². The van der Waals surface area contributed by atoms with E-state index in [-0.39, 0.29) is 0 Å². The molecule has 0 N–H and O–H groups in total. The molecule has 0 heterocycles. The van der Waals surface area contributed by atoms with Crippen LogP contribution in [0.4, 0.5) is 0 Å². The predicted molar refractivity (Wildman–Crippen MR) is 82.2 cm³/mol. The van der Waals surface area contributed by atoms with Crippen LogP contribution in [0, 0.1) is 13.8 Å². The molecule has 0 amide bonds. The highest BCUT2D eigenvalue weighted by Gasteiger charge is 2.08. The Labute approximate surface area is 119 Å². The summed E-state index contributed by atoms with van der Waals surface area (Å²) in [7, 11) is 0. The third-order valence-electron chi connectivity index (χ3n) is 2.83. The molecule has 98 valence electrons. The van der Waals surface area contributed by atoms with Crippen LogP contribution in [0.25, 0.3) is 0 Å². The molecule has 0 aliphatic carbocycles. The standard InChI is InChI=1S/C17H18OS/c1-4-12-18-15-10-5-6-11-16(15)19-17-13(2)8-7-9-14(17)3/h4-11H,1,12H2,2-3H3. The zero-order chi connectivity index (χ0) is 13.7. The van der Waals surface area contributed by atoms with Crippen LogP contribution in [0.5, 0.6) is 5.75 Å². The van der Waals surface area contributed by atoms with Gasteiger partial charge in [-0.3, -0.25) is 0 Å². The minimum absolute atomic E-state index is 0.532. The van der Waals surface area contributed by atoms with E-state index in [1.807, 2.05) is 18.2 Å². The highest BCUT2D eigenvalue weighted by Crippen LogP contribution is 2.37. The molecule has 0 atom stereocenters. The van der Waals surface area contributed by atoms with Gasteiger partial charge in [0.2, 0.25) is 0 Å². The molecule has 19 heavy (non-hydrogen) atoms. The lowest BCUT2D eigenvalue weighted by atomic mass is 10.2. The van der Waals surface area contributed by atoms with Crippen LogP contribution in [0.2, 0.25) is 0 Å². The molecule has 0 aliphatic rings. The molecule has 0 saturated carbocycles. The first-order chi connectivity index (χ1) is 9.22. The van der Waals surface area contributed by atoms with Crippen molar-refractivity contribution in [3.63, 3.8) is 0 Å². The zero-order valence-corrected chi connectivity index (χ0v) is 12.2. The fraction of sp³-hybridized carbons (Fsp3) is 0.176. The Kier molecular flexibility index (Phi) is 4.69. The predicted octanol–water partition coefficient (Wildman–Crippen LogP) is 5.02. The van der Waals surface area contributed by atoms with Gasteiger partial charge in [-0.15, -0.1) is 0 Å². The molecule has 2 heteroatoms. The molecule has 0 bridgehead atoms. The summed E-state index contributed by atoms with van der Waals surface area (Å²) >= 11 is 1.76. The molecule has 2 aromatic carbocycles. The third kappa shape index (κ3) is 3.42. The summed E-state index contributed by atoms with van der Waals surface area (Å²) in [6, 6.07) is 14.5. The topological polar surface area (TPSA) is 9.23 Å². The Morgan fingerprint density at radius 2 is 1.74 bits per heavy atom.